The summed E-state index contributed by atoms with van der Waals surface area (Å²) in [6.07, 6.45) is 2.31. The highest BCUT2D eigenvalue weighted by Crippen LogP contribution is 2.40. The number of benzene rings is 1. The zero-order valence-electron chi connectivity index (χ0n) is 11.5. The maximum atomic E-state index is 8.59. The second-order valence-corrected chi connectivity index (χ2v) is 4.90. The maximum absolute atomic E-state index is 8.59. The van der Waals surface area contributed by atoms with Gasteiger partial charge in [-0.05, 0) is 30.4 Å². The lowest BCUT2D eigenvalue weighted by Crippen LogP contribution is -2.41. The van der Waals surface area contributed by atoms with Crippen molar-refractivity contribution in [2.75, 3.05) is 33.5 Å². The van der Waals surface area contributed by atoms with Gasteiger partial charge in [0.2, 0.25) is 0 Å². The third-order valence-corrected chi connectivity index (χ3v) is 3.63. The number of nitrogens with one attached hydrogen (secondary N) is 1. The highest BCUT2D eigenvalue weighted by atomic mass is 16.5. The first-order valence-electron chi connectivity index (χ1n) is 6.90. The first-order chi connectivity index (χ1) is 9.35. The SMILES string of the molecule is COc1ccccc1C1CC(NCCOCCO)C1. The molecule has 1 aliphatic rings. The number of rotatable bonds is 8. The van der Waals surface area contributed by atoms with Gasteiger partial charge in [0.05, 0.1) is 26.9 Å². The minimum absolute atomic E-state index is 0.0965. The summed E-state index contributed by atoms with van der Waals surface area (Å²) in [6.45, 7) is 2.04. The third kappa shape index (κ3) is 3.93. The van der Waals surface area contributed by atoms with Gasteiger partial charge in [0.15, 0.2) is 0 Å². The van der Waals surface area contributed by atoms with E-state index in [0.717, 1.165) is 25.1 Å². The molecule has 0 radical (unpaired) electrons. The molecule has 1 saturated carbocycles. The number of methoxy groups -OCH3 is 1. The lowest BCUT2D eigenvalue weighted by atomic mass is 9.75. The Morgan fingerprint density at radius 1 is 1.26 bits per heavy atom. The van der Waals surface area contributed by atoms with Crippen molar-refractivity contribution in [3.05, 3.63) is 29.8 Å². The van der Waals surface area contributed by atoms with Gasteiger partial charge in [-0.1, -0.05) is 18.2 Å². The van der Waals surface area contributed by atoms with Crippen LogP contribution in [0.1, 0.15) is 24.3 Å². The van der Waals surface area contributed by atoms with Gasteiger partial charge in [-0.2, -0.15) is 0 Å². The molecule has 4 nitrogen and oxygen atoms in total. The minimum atomic E-state index is 0.0965. The fourth-order valence-corrected chi connectivity index (χ4v) is 2.54. The van der Waals surface area contributed by atoms with E-state index in [9.17, 15) is 0 Å². The van der Waals surface area contributed by atoms with Crippen LogP contribution < -0.4 is 10.1 Å². The molecule has 0 saturated heterocycles. The molecular weight excluding hydrogens is 242 g/mol. The molecule has 0 amide bonds. The summed E-state index contributed by atoms with van der Waals surface area (Å²) >= 11 is 0. The van der Waals surface area contributed by atoms with Gasteiger partial charge in [-0.3, -0.25) is 0 Å². The zero-order chi connectivity index (χ0) is 13.5. The Morgan fingerprint density at radius 3 is 2.79 bits per heavy atom. The normalized spacial score (nSPS) is 22.0. The molecule has 1 aliphatic carbocycles. The molecule has 0 bridgehead atoms. The van der Waals surface area contributed by atoms with Gasteiger partial charge in [-0.15, -0.1) is 0 Å². The highest BCUT2D eigenvalue weighted by molar-refractivity contribution is 5.37. The number of aliphatic hydroxyl groups is 1. The van der Waals surface area contributed by atoms with E-state index in [0.29, 0.717) is 25.2 Å². The molecule has 1 aromatic rings. The molecule has 0 aromatic heterocycles. The van der Waals surface area contributed by atoms with Crippen LogP contribution in [0.25, 0.3) is 0 Å². The van der Waals surface area contributed by atoms with Crippen molar-refractivity contribution >= 4 is 0 Å². The molecule has 106 valence electrons. The topological polar surface area (TPSA) is 50.7 Å². The quantitative estimate of drug-likeness (QED) is 0.700. The summed E-state index contributed by atoms with van der Waals surface area (Å²) in [4.78, 5) is 0. The van der Waals surface area contributed by atoms with Crippen LogP contribution >= 0.6 is 0 Å². The molecular formula is C15H23NO3. The molecule has 2 N–H and O–H groups in total. The van der Waals surface area contributed by atoms with Crippen molar-refractivity contribution in [1.29, 1.82) is 0 Å². The third-order valence-electron chi connectivity index (χ3n) is 3.63. The van der Waals surface area contributed by atoms with Gasteiger partial charge < -0.3 is 19.9 Å². The van der Waals surface area contributed by atoms with Crippen LogP contribution in [0.15, 0.2) is 24.3 Å². The maximum Gasteiger partial charge on any atom is 0.122 e. The van der Waals surface area contributed by atoms with E-state index < -0.39 is 0 Å². The first-order valence-corrected chi connectivity index (χ1v) is 6.90. The van der Waals surface area contributed by atoms with E-state index in [1.54, 1.807) is 7.11 Å². The van der Waals surface area contributed by atoms with E-state index in [4.69, 9.17) is 14.6 Å². The van der Waals surface area contributed by atoms with Crippen molar-refractivity contribution in [1.82, 2.24) is 5.32 Å². The predicted molar refractivity (Wildman–Crippen MR) is 74.7 cm³/mol. The summed E-state index contributed by atoms with van der Waals surface area (Å²) in [5.74, 6) is 1.60. The van der Waals surface area contributed by atoms with Crippen molar-refractivity contribution in [3.8, 4) is 5.75 Å². The second-order valence-electron chi connectivity index (χ2n) is 4.90. The van der Waals surface area contributed by atoms with E-state index >= 15 is 0 Å². The molecule has 1 aromatic carbocycles. The Labute approximate surface area is 114 Å². The predicted octanol–water partition coefficient (Wildman–Crippen LogP) is 1.54. The Kier molecular flexibility index (Phi) is 5.63. The van der Waals surface area contributed by atoms with Gasteiger partial charge in [0, 0.05) is 12.6 Å². The van der Waals surface area contributed by atoms with Crippen LogP contribution in [0.4, 0.5) is 0 Å². The minimum Gasteiger partial charge on any atom is -0.496 e. The fourth-order valence-electron chi connectivity index (χ4n) is 2.54. The van der Waals surface area contributed by atoms with E-state index in [1.165, 1.54) is 5.56 Å². The molecule has 0 aliphatic heterocycles. The zero-order valence-corrected chi connectivity index (χ0v) is 11.5. The summed E-state index contributed by atoms with van der Waals surface area (Å²) < 4.78 is 10.6. The van der Waals surface area contributed by atoms with Crippen LogP contribution in [0.5, 0.6) is 5.75 Å². The number of ether oxygens (including phenoxy) is 2. The van der Waals surface area contributed by atoms with Gasteiger partial charge in [-0.25, -0.2) is 0 Å². The summed E-state index contributed by atoms with van der Waals surface area (Å²) in [6, 6.07) is 8.84. The summed E-state index contributed by atoms with van der Waals surface area (Å²) in [7, 11) is 1.73. The Hall–Kier alpha value is -1.10. The fraction of sp³-hybridized carbons (Fsp3) is 0.600. The van der Waals surface area contributed by atoms with Crippen LogP contribution in [0.3, 0.4) is 0 Å². The molecule has 1 fully saturated rings. The van der Waals surface area contributed by atoms with E-state index in [2.05, 4.69) is 17.4 Å². The van der Waals surface area contributed by atoms with Crippen molar-refractivity contribution in [3.63, 3.8) is 0 Å². The monoisotopic (exact) mass is 265 g/mol. The van der Waals surface area contributed by atoms with E-state index in [-0.39, 0.29) is 6.61 Å². The van der Waals surface area contributed by atoms with Gasteiger partial charge in [0.1, 0.15) is 5.75 Å². The lowest BCUT2D eigenvalue weighted by Gasteiger charge is -2.37. The largest absolute Gasteiger partial charge is 0.496 e. The highest BCUT2D eigenvalue weighted by Gasteiger charge is 2.31. The molecule has 4 heteroatoms. The number of aliphatic hydroxyl groups excluding tert-OH is 1. The van der Waals surface area contributed by atoms with Gasteiger partial charge in [0.25, 0.3) is 0 Å². The molecule has 19 heavy (non-hydrogen) atoms. The Balaban J connectivity index is 1.68. The lowest BCUT2D eigenvalue weighted by molar-refractivity contribution is 0.0901. The Morgan fingerprint density at radius 2 is 2.05 bits per heavy atom. The van der Waals surface area contributed by atoms with Crippen molar-refractivity contribution in [2.45, 2.75) is 24.8 Å². The van der Waals surface area contributed by atoms with Gasteiger partial charge >= 0.3 is 0 Å². The smallest absolute Gasteiger partial charge is 0.122 e. The average Bonchev–Trinajstić information content (AvgIpc) is 2.40. The summed E-state index contributed by atoms with van der Waals surface area (Å²) in [5, 5.41) is 12.1. The average molecular weight is 265 g/mol. The summed E-state index contributed by atoms with van der Waals surface area (Å²) in [5.41, 5.74) is 1.32. The second kappa shape index (κ2) is 7.48. The van der Waals surface area contributed by atoms with E-state index in [1.807, 2.05) is 12.1 Å². The molecule has 0 heterocycles. The standard InChI is InChI=1S/C15H23NO3/c1-18-15-5-3-2-4-14(15)12-10-13(11-12)16-6-8-19-9-7-17/h2-5,12-13,16-17H,6-11H2,1H3. The molecule has 2 rings (SSSR count). The number of hydrogen-bond donors (Lipinski definition) is 2. The van der Waals surface area contributed by atoms with Crippen molar-refractivity contribution in [2.24, 2.45) is 0 Å². The number of hydrogen-bond acceptors (Lipinski definition) is 4. The number of para-hydroxylation sites is 1. The molecule has 0 spiro atoms. The molecule has 0 unspecified atom stereocenters. The molecule has 0 atom stereocenters. The van der Waals surface area contributed by atoms with Crippen LogP contribution in [-0.2, 0) is 4.74 Å². The first kappa shape index (κ1) is 14.3. The van der Waals surface area contributed by atoms with Crippen LogP contribution in [0.2, 0.25) is 0 Å². The van der Waals surface area contributed by atoms with Crippen LogP contribution in [0, 0.1) is 0 Å². The van der Waals surface area contributed by atoms with Crippen LogP contribution in [-0.4, -0.2) is 44.6 Å². The Bertz CT molecular complexity index is 377. The van der Waals surface area contributed by atoms with Crippen molar-refractivity contribution < 1.29 is 14.6 Å².